The number of ether oxygens (including phenoxy) is 1. The third-order valence-electron chi connectivity index (χ3n) is 3.38. The fourth-order valence-corrected chi connectivity index (χ4v) is 2.24. The van der Waals surface area contributed by atoms with Crippen LogP contribution in [-0.2, 0) is 6.42 Å². The van der Waals surface area contributed by atoms with Crippen LogP contribution in [0.3, 0.4) is 0 Å². The van der Waals surface area contributed by atoms with Crippen LogP contribution in [-0.4, -0.2) is 13.2 Å². The van der Waals surface area contributed by atoms with E-state index in [0.29, 0.717) is 6.61 Å². The standard InChI is InChI=1S/C18H23NO/c1-3-15-9-8-12-17(13-15)20-14-18(19-4-2)16-10-6-5-7-11-16/h5-13,18-19H,3-4,14H2,1-2H3. The van der Waals surface area contributed by atoms with E-state index in [9.17, 15) is 0 Å². The van der Waals surface area contributed by atoms with E-state index < -0.39 is 0 Å². The van der Waals surface area contributed by atoms with Gasteiger partial charge in [-0.2, -0.15) is 0 Å². The first kappa shape index (κ1) is 14.6. The van der Waals surface area contributed by atoms with Crippen LogP contribution in [0.15, 0.2) is 54.6 Å². The predicted molar refractivity (Wildman–Crippen MR) is 84.2 cm³/mol. The highest BCUT2D eigenvalue weighted by atomic mass is 16.5. The molecule has 0 fully saturated rings. The van der Waals surface area contributed by atoms with E-state index in [2.05, 4.69) is 61.6 Å². The lowest BCUT2D eigenvalue weighted by Crippen LogP contribution is -2.26. The van der Waals surface area contributed by atoms with Crippen molar-refractivity contribution in [2.24, 2.45) is 0 Å². The molecule has 0 bridgehead atoms. The zero-order chi connectivity index (χ0) is 14.2. The molecule has 2 rings (SSSR count). The molecule has 1 N–H and O–H groups in total. The topological polar surface area (TPSA) is 21.3 Å². The average Bonchev–Trinajstić information content (AvgIpc) is 2.52. The van der Waals surface area contributed by atoms with Gasteiger partial charge >= 0.3 is 0 Å². The molecule has 2 nitrogen and oxygen atoms in total. The molecule has 1 unspecified atom stereocenters. The van der Waals surface area contributed by atoms with Gasteiger partial charge in [-0.1, -0.05) is 56.3 Å². The number of benzene rings is 2. The second-order valence-corrected chi connectivity index (χ2v) is 4.83. The molecule has 0 aliphatic carbocycles. The quantitative estimate of drug-likeness (QED) is 0.821. The highest BCUT2D eigenvalue weighted by Crippen LogP contribution is 2.18. The Labute approximate surface area is 121 Å². The zero-order valence-corrected chi connectivity index (χ0v) is 12.3. The normalized spacial score (nSPS) is 12.1. The average molecular weight is 269 g/mol. The Morgan fingerprint density at radius 3 is 2.50 bits per heavy atom. The fraction of sp³-hybridized carbons (Fsp3) is 0.333. The van der Waals surface area contributed by atoms with Gasteiger partial charge in [-0.05, 0) is 36.2 Å². The summed E-state index contributed by atoms with van der Waals surface area (Å²) in [6.45, 7) is 5.85. The third-order valence-corrected chi connectivity index (χ3v) is 3.38. The summed E-state index contributed by atoms with van der Waals surface area (Å²) in [7, 11) is 0. The van der Waals surface area contributed by atoms with Gasteiger partial charge in [0, 0.05) is 0 Å². The predicted octanol–water partition coefficient (Wildman–Crippen LogP) is 3.98. The van der Waals surface area contributed by atoms with Gasteiger partial charge in [0.15, 0.2) is 0 Å². The van der Waals surface area contributed by atoms with Crippen molar-refractivity contribution in [1.82, 2.24) is 5.32 Å². The van der Waals surface area contributed by atoms with Crippen molar-refractivity contribution in [3.05, 3.63) is 65.7 Å². The van der Waals surface area contributed by atoms with Crippen molar-refractivity contribution in [3.63, 3.8) is 0 Å². The zero-order valence-electron chi connectivity index (χ0n) is 12.3. The summed E-state index contributed by atoms with van der Waals surface area (Å²) in [6.07, 6.45) is 1.03. The van der Waals surface area contributed by atoms with E-state index in [1.54, 1.807) is 0 Å². The minimum absolute atomic E-state index is 0.228. The maximum Gasteiger partial charge on any atom is 0.119 e. The van der Waals surface area contributed by atoms with Gasteiger partial charge in [-0.25, -0.2) is 0 Å². The summed E-state index contributed by atoms with van der Waals surface area (Å²) < 4.78 is 5.96. The monoisotopic (exact) mass is 269 g/mol. The van der Waals surface area contributed by atoms with E-state index in [-0.39, 0.29) is 6.04 Å². The van der Waals surface area contributed by atoms with Gasteiger partial charge in [0.05, 0.1) is 6.04 Å². The molecule has 0 radical (unpaired) electrons. The summed E-state index contributed by atoms with van der Waals surface area (Å²) >= 11 is 0. The molecular weight excluding hydrogens is 246 g/mol. The molecule has 2 aromatic carbocycles. The first-order valence-corrected chi connectivity index (χ1v) is 7.33. The van der Waals surface area contributed by atoms with E-state index in [0.717, 1.165) is 18.7 Å². The summed E-state index contributed by atoms with van der Waals surface area (Å²) in [5, 5.41) is 3.47. The van der Waals surface area contributed by atoms with Crippen LogP contribution in [0.25, 0.3) is 0 Å². The molecule has 20 heavy (non-hydrogen) atoms. The second kappa shape index (κ2) is 7.71. The number of aryl methyl sites for hydroxylation is 1. The number of rotatable bonds is 7. The van der Waals surface area contributed by atoms with Crippen LogP contribution in [0, 0.1) is 0 Å². The van der Waals surface area contributed by atoms with Crippen molar-refractivity contribution in [2.75, 3.05) is 13.2 Å². The first-order valence-electron chi connectivity index (χ1n) is 7.33. The van der Waals surface area contributed by atoms with Crippen LogP contribution in [0.5, 0.6) is 5.75 Å². The van der Waals surface area contributed by atoms with Crippen LogP contribution in [0.1, 0.15) is 31.0 Å². The number of nitrogens with one attached hydrogen (secondary N) is 1. The summed E-state index contributed by atoms with van der Waals surface area (Å²) in [5.74, 6) is 0.947. The van der Waals surface area contributed by atoms with Crippen LogP contribution >= 0.6 is 0 Å². The molecule has 0 spiro atoms. The van der Waals surface area contributed by atoms with Crippen molar-refractivity contribution in [3.8, 4) is 5.75 Å². The molecule has 106 valence electrons. The Morgan fingerprint density at radius 1 is 1.00 bits per heavy atom. The molecule has 1 atom stereocenters. The molecule has 0 amide bonds. The van der Waals surface area contributed by atoms with Crippen LogP contribution in [0.2, 0.25) is 0 Å². The maximum atomic E-state index is 5.96. The van der Waals surface area contributed by atoms with Gasteiger partial charge in [0.1, 0.15) is 12.4 Å². The molecular formula is C18H23NO. The minimum Gasteiger partial charge on any atom is -0.492 e. The van der Waals surface area contributed by atoms with E-state index in [1.165, 1.54) is 11.1 Å². The Hall–Kier alpha value is -1.80. The molecule has 0 heterocycles. The van der Waals surface area contributed by atoms with Crippen molar-refractivity contribution in [1.29, 1.82) is 0 Å². The Kier molecular flexibility index (Phi) is 5.63. The van der Waals surface area contributed by atoms with Crippen LogP contribution in [0.4, 0.5) is 0 Å². The van der Waals surface area contributed by atoms with Crippen LogP contribution < -0.4 is 10.1 Å². The first-order chi connectivity index (χ1) is 9.83. The largest absolute Gasteiger partial charge is 0.492 e. The smallest absolute Gasteiger partial charge is 0.119 e. The summed E-state index contributed by atoms with van der Waals surface area (Å²) in [4.78, 5) is 0. The summed E-state index contributed by atoms with van der Waals surface area (Å²) in [6, 6.07) is 19.0. The highest BCUT2D eigenvalue weighted by molar-refractivity contribution is 5.28. The van der Waals surface area contributed by atoms with Gasteiger partial charge in [-0.15, -0.1) is 0 Å². The number of likely N-dealkylation sites (N-methyl/N-ethyl adjacent to an activating group) is 1. The van der Waals surface area contributed by atoms with Gasteiger partial charge < -0.3 is 10.1 Å². The maximum absolute atomic E-state index is 5.96. The lowest BCUT2D eigenvalue weighted by Gasteiger charge is -2.19. The molecule has 2 heteroatoms. The molecule has 0 saturated carbocycles. The lowest BCUT2D eigenvalue weighted by molar-refractivity contribution is 0.268. The minimum atomic E-state index is 0.228. The molecule has 0 aliphatic rings. The molecule has 0 aromatic heterocycles. The van der Waals surface area contributed by atoms with Gasteiger partial charge in [0.2, 0.25) is 0 Å². The van der Waals surface area contributed by atoms with Gasteiger partial charge in [-0.3, -0.25) is 0 Å². The highest BCUT2D eigenvalue weighted by Gasteiger charge is 2.10. The summed E-state index contributed by atoms with van der Waals surface area (Å²) in [5.41, 5.74) is 2.57. The second-order valence-electron chi connectivity index (χ2n) is 4.83. The number of hydrogen-bond acceptors (Lipinski definition) is 2. The van der Waals surface area contributed by atoms with Gasteiger partial charge in [0.25, 0.3) is 0 Å². The van der Waals surface area contributed by atoms with E-state index >= 15 is 0 Å². The van der Waals surface area contributed by atoms with E-state index in [1.807, 2.05) is 12.1 Å². The third kappa shape index (κ3) is 4.10. The SMILES string of the molecule is CCNC(COc1cccc(CC)c1)c1ccccc1. The molecule has 2 aromatic rings. The number of hydrogen-bond donors (Lipinski definition) is 1. The van der Waals surface area contributed by atoms with E-state index in [4.69, 9.17) is 4.74 Å². The van der Waals surface area contributed by atoms with Crippen molar-refractivity contribution < 1.29 is 4.74 Å². The Bertz CT molecular complexity index is 510. The molecule has 0 aliphatic heterocycles. The fourth-order valence-electron chi connectivity index (χ4n) is 2.24. The van der Waals surface area contributed by atoms with Crippen molar-refractivity contribution >= 4 is 0 Å². The van der Waals surface area contributed by atoms with Crippen molar-refractivity contribution in [2.45, 2.75) is 26.3 Å². The Balaban J connectivity index is 2.02. The molecule has 0 saturated heterocycles. The Morgan fingerprint density at radius 2 is 1.80 bits per heavy atom. The lowest BCUT2D eigenvalue weighted by atomic mass is 10.1.